The van der Waals surface area contributed by atoms with Crippen LogP contribution in [0.1, 0.15) is 206 Å². The molecular weight excluding hydrogens is 464 g/mol. The van der Waals surface area contributed by atoms with Gasteiger partial charge in [0.05, 0.1) is 6.61 Å². The maximum absolute atomic E-state index is 11.5. The topological polar surface area (TPSA) is 26.3 Å². The van der Waals surface area contributed by atoms with E-state index in [0.717, 1.165) is 12.8 Å². The first kappa shape index (κ1) is 37.2. The third kappa shape index (κ3) is 33.2. The van der Waals surface area contributed by atoms with Crippen LogP contribution in [0.25, 0.3) is 0 Å². The van der Waals surface area contributed by atoms with E-state index in [2.05, 4.69) is 6.92 Å². The fourth-order valence-electron chi connectivity index (χ4n) is 5.40. The second-order valence-corrected chi connectivity index (χ2v) is 11.9. The lowest BCUT2D eigenvalue weighted by Gasteiger charge is -2.05. The molecule has 0 amide bonds. The molecule has 0 saturated carbocycles. The summed E-state index contributed by atoms with van der Waals surface area (Å²) in [6, 6.07) is 0. The maximum atomic E-state index is 11.5. The van der Waals surface area contributed by atoms with Gasteiger partial charge in [0.15, 0.2) is 0 Å². The lowest BCUT2D eigenvalue weighted by molar-refractivity contribution is -0.143. The van der Waals surface area contributed by atoms with Crippen LogP contribution in [0, 0.1) is 0 Å². The first-order chi connectivity index (χ1) is 18.8. The molecule has 0 spiro atoms. The molecule has 2 heteroatoms. The summed E-state index contributed by atoms with van der Waals surface area (Å²) in [5, 5.41) is 0. The summed E-state index contributed by atoms with van der Waals surface area (Å²) in [7, 11) is 0. The number of hydrogen-bond acceptors (Lipinski definition) is 2. The van der Waals surface area contributed by atoms with Gasteiger partial charge in [0, 0.05) is 6.42 Å². The van der Waals surface area contributed by atoms with Crippen LogP contribution in [0.15, 0.2) is 12.2 Å². The summed E-state index contributed by atoms with van der Waals surface area (Å²) in [5.41, 5.74) is 0. The minimum Gasteiger partial charge on any atom is -0.466 e. The van der Waals surface area contributed by atoms with Crippen LogP contribution in [0.3, 0.4) is 0 Å². The van der Waals surface area contributed by atoms with Gasteiger partial charge >= 0.3 is 5.97 Å². The van der Waals surface area contributed by atoms with Crippen LogP contribution < -0.4 is 0 Å². The number of ether oxygens (including phenoxy) is 1. The first-order valence-corrected chi connectivity index (χ1v) is 17.6. The van der Waals surface area contributed by atoms with Crippen molar-refractivity contribution in [2.45, 2.75) is 206 Å². The zero-order valence-electron chi connectivity index (χ0n) is 26.4. The van der Waals surface area contributed by atoms with Crippen LogP contribution in [0.2, 0.25) is 0 Å². The van der Waals surface area contributed by atoms with Gasteiger partial charge in [0.25, 0.3) is 0 Å². The van der Waals surface area contributed by atoms with Crippen LogP contribution in [0.5, 0.6) is 0 Å². The van der Waals surface area contributed by atoms with Gasteiger partial charge in [-0.2, -0.15) is 0 Å². The molecule has 0 aliphatic rings. The number of rotatable bonds is 32. The highest BCUT2D eigenvalue weighted by Gasteiger charge is 2.01. The summed E-state index contributed by atoms with van der Waals surface area (Å²) in [5.74, 6) is -0.0480. The molecule has 2 nitrogen and oxygen atoms in total. The molecule has 0 radical (unpaired) electrons. The average molecular weight is 535 g/mol. The highest BCUT2D eigenvalue weighted by Crippen LogP contribution is 2.16. The molecule has 0 aromatic carbocycles. The minimum atomic E-state index is -0.0480. The van der Waals surface area contributed by atoms with E-state index in [-0.39, 0.29) is 5.97 Å². The van der Waals surface area contributed by atoms with Crippen LogP contribution >= 0.6 is 0 Å². The molecule has 226 valence electrons. The Morgan fingerprint density at radius 3 is 1.05 bits per heavy atom. The lowest BCUT2D eigenvalue weighted by Crippen LogP contribution is -2.05. The van der Waals surface area contributed by atoms with Crippen molar-refractivity contribution in [3.63, 3.8) is 0 Å². The van der Waals surface area contributed by atoms with Crippen molar-refractivity contribution in [2.24, 2.45) is 0 Å². The number of allylic oxidation sites excluding steroid dienone is 2. The Morgan fingerprint density at radius 2 is 0.763 bits per heavy atom. The Balaban J connectivity index is 3.07. The zero-order valence-corrected chi connectivity index (χ0v) is 26.4. The highest BCUT2D eigenvalue weighted by atomic mass is 16.5. The third-order valence-corrected chi connectivity index (χ3v) is 8.01. The van der Waals surface area contributed by atoms with E-state index in [4.69, 9.17) is 4.74 Å². The van der Waals surface area contributed by atoms with E-state index in [9.17, 15) is 4.79 Å². The Morgan fingerprint density at radius 1 is 0.474 bits per heavy atom. The second-order valence-electron chi connectivity index (χ2n) is 11.9. The van der Waals surface area contributed by atoms with Gasteiger partial charge in [-0.05, 0) is 19.8 Å². The second kappa shape index (κ2) is 34.2. The zero-order chi connectivity index (χ0) is 27.6. The molecule has 0 atom stereocenters. The summed E-state index contributed by atoms with van der Waals surface area (Å²) in [6.07, 6.45) is 45.0. The smallest absolute Gasteiger partial charge is 0.306 e. The van der Waals surface area contributed by atoms with Crippen molar-refractivity contribution in [1.82, 2.24) is 0 Å². The lowest BCUT2D eigenvalue weighted by atomic mass is 10.0. The Bertz CT molecular complexity index is 470. The Hall–Kier alpha value is -0.790. The minimum absolute atomic E-state index is 0.0480. The molecular formula is C36H70O2. The quantitative estimate of drug-likeness (QED) is 0.0487. The number of carbonyl (C=O) groups is 1. The predicted octanol–water partition coefficient (Wildman–Crippen LogP) is 12.8. The van der Waals surface area contributed by atoms with Gasteiger partial charge in [0.1, 0.15) is 0 Å². The van der Waals surface area contributed by atoms with Gasteiger partial charge in [-0.1, -0.05) is 192 Å². The molecule has 0 bridgehead atoms. The van der Waals surface area contributed by atoms with Crippen molar-refractivity contribution < 1.29 is 9.53 Å². The van der Waals surface area contributed by atoms with Crippen molar-refractivity contribution in [2.75, 3.05) is 6.61 Å². The summed E-state index contributed by atoms with van der Waals surface area (Å²) in [4.78, 5) is 11.5. The largest absolute Gasteiger partial charge is 0.466 e. The highest BCUT2D eigenvalue weighted by molar-refractivity contribution is 5.69. The van der Waals surface area contributed by atoms with E-state index in [1.165, 1.54) is 173 Å². The fourth-order valence-corrected chi connectivity index (χ4v) is 5.40. The van der Waals surface area contributed by atoms with Crippen molar-refractivity contribution in [3.8, 4) is 0 Å². The molecule has 0 unspecified atom stereocenters. The molecule has 0 N–H and O–H groups in total. The van der Waals surface area contributed by atoms with Crippen LogP contribution in [-0.4, -0.2) is 12.6 Å². The van der Waals surface area contributed by atoms with Gasteiger partial charge in [0.2, 0.25) is 0 Å². The number of unbranched alkanes of at least 4 members (excludes halogenated alkanes) is 27. The molecule has 0 aliphatic carbocycles. The fraction of sp³-hybridized carbons (Fsp3) is 0.917. The number of carbonyl (C=O) groups excluding carboxylic acids is 1. The van der Waals surface area contributed by atoms with E-state index in [0.29, 0.717) is 13.0 Å². The Labute approximate surface area is 240 Å². The van der Waals surface area contributed by atoms with E-state index in [1.807, 2.05) is 19.1 Å². The molecule has 0 rings (SSSR count). The monoisotopic (exact) mass is 535 g/mol. The summed E-state index contributed by atoms with van der Waals surface area (Å²) in [6.45, 7) is 4.89. The van der Waals surface area contributed by atoms with Crippen LogP contribution in [-0.2, 0) is 9.53 Å². The summed E-state index contributed by atoms with van der Waals surface area (Å²) >= 11 is 0. The van der Waals surface area contributed by atoms with Crippen LogP contribution in [0.4, 0.5) is 0 Å². The molecule has 0 saturated heterocycles. The van der Waals surface area contributed by atoms with E-state index >= 15 is 0 Å². The summed E-state index contributed by atoms with van der Waals surface area (Å²) < 4.78 is 5.27. The standard InChI is InChI=1S/C36H70O2/c1-3-5-7-8-9-10-11-12-13-14-15-16-17-18-19-20-21-22-23-24-25-26-27-28-29-30-31-33-35-38-36(37)34-32-6-4-2/h4,6H,3,5,7-35H2,1-2H3/b6-4+. The molecule has 0 aromatic heterocycles. The first-order valence-electron chi connectivity index (χ1n) is 17.6. The van der Waals surface area contributed by atoms with Crippen molar-refractivity contribution in [3.05, 3.63) is 12.2 Å². The average Bonchev–Trinajstić information content (AvgIpc) is 2.92. The van der Waals surface area contributed by atoms with Crippen molar-refractivity contribution >= 4 is 5.97 Å². The Kier molecular flexibility index (Phi) is 33.5. The number of esters is 1. The molecule has 0 aromatic rings. The van der Waals surface area contributed by atoms with E-state index in [1.54, 1.807) is 0 Å². The normalized spacial score (nSPS) is 11.5. The molecule has 38 heavy (non-hydrogen) atoms. The predicted molar refractivity (Wildman–Crippen MR) is 170 cm³/mol. The maximum Gasteiger partial charge on any atom is 0.306 e. The van der Waals surface area contributed by atoms with Crippen molar-refractivity contribution in [1.29, 1.82) is 0 Å². The molecule has 0 fully saturated rings. The number of hydrogen-bond donors (Lipinski definition) is 0. The SMILES string of the molecule is C/C=C/CCC(=O)OCCCCCCCCCCCCCCCCCCCCCCCCCCCCCC. The van der Waals surface area contributed by atoms with Gasteiger partial charge in [-0.15, -0.1) is 0 Å². The van der Waals surface area contributed by atoms with Gasteiger partial charge < -0.3 is 4.74 Å². The third-order valence-electron chi connectivity index (χ3n) is 8.01. The van der Waals surface area contributed by atoms with Gasteiger partial charge in [-0.3, -0.25) is 4.79 Å². The molecule has 0 aliphatic heterocycles. The van der Waals surface area contributed by atoms with E-state index < -0.39 is 0 Å². The van der Waals surface area contributed by atoms with Gasteiger partial charge in [-0.25, -0.2) is 0 Å². The molecule has 0 heterocycles.